The third-order valence-electron chi connectivity index (χ3n) is 4.97. The van der Waals surface area contributed by atoms with E-state index >= 15 is 0 Å². The molecule has 2 unspecified atom stereocenters. The highest BCUT2D eigenvalue weighted by Gasteiger charge is 2.36. The van der Waals surface area contributed by atoms with Crippen LogP contribution in [0.3, 0.4) is 0 Å². The van der Waals surface area contributed by atoms with E-state index in [1.807, 2.05) is 11.8 Å². The summed E-state index contributed by atoms with van der Waals surface area (Å²) in [5.74, 6) is 2.56. The smallest absolute Gasteiger partial charge is 0.242 e. The Kier molecular flexibility index (Phi) is 4.21. The summed E-state index contributed by atoms with van der Waals surface area (Å²) in [5.41, 5.74) is 5.48. The van der Waals surface area contributed by atoms with Gasteiger partial charge in [0.1, 0.15) is 11.6 Å². The number of amides is 1. The molecule has 2 atom stereocenters. The van der Waals surface area contributed by atoms with E-state index < -0.39 is 5.54 Å². The molecular weight excluding hydrogens is 278 g/mol. The topological polar surface area (TPSA) is 77.0 Å². The van der Waals surface area contributed by atoms with Gasteiger partial charge in [-0.25, -0.2) is 0 Å². The van der Waals surface area contributed by atoms with Crippen LogP contribution in [0, 0.1) is 0 Å². The Morgan fingerprint density at radius 1 is 1.36 bits per heavy atom. The van der Waals surface area contributed by atoms with Gasteiger partial charge in [-0.3, -0.25) is 4.79 Å². The second-order valence-electron chi connectivity index (χ2n) is 6.99. The number of likely N-dealkylation sites (tertiary alicyclic amines) is 1. The molecule has 0 saturated carbocycles. The van der Waals surface area contributed by atoms with E-state index in [4.69, 9.17) is 5.73 Å². The molecular formula is C16H27N5O. The Morgan fingerprint density at radius 3 is 2.95 bits per heavy atom. The van der Waals surface area contributed by atoms with Crippen molar-refractivity contribution in [3.8, 4) is 0 Å². The molecule has 0 spiro atoms. The SMILES string of the molecule is CCCC(C)(N)C(=O)N1CCCC(c2nnc3n2CCC3)C1. The number of fused-ring (bicyclic) bond motifs is 1. The van der Waals surface area contributed by atoms with Gasteiger partial charge >= 0.3 is 0 Å². The standard InChI is InChI=1S/C16H27N5O/c1-3-8-16(2,17)15(22)20-9-4-6-12(11-20)14-19-18-13-7-5-10-21(13)14/h12H,3-11,17H2,1-2H3. The van der Waals surface area contributed by atoms with Gasteiger partial charge in [-0.15, -0.1) is 10.2 Å². The molecule has 1 aromatic rings. The highest BCUT2D eigenvalue weighted by Crippen LogP contribution is 2.29. The zero-order valence-corrected chi connectivity index (χ0v) is 13.7. The quantitative estimate of drug-likeness (QED) is 0.913. The lowest BCUT2D eigenvalue weighted by atomic mass is 9.91. The first-order valence-electron chi connectivity index (χ1n) is 8.53. The van der Waals surface area contributed by atoms with Crippen molar-refractivity contribution in [1.29, 1.82) is 0 Å². The molecule has 1 fully saturated rings. The maximum Gasteiger partial charge on any atom is 0.242 e. The van der Waals surface area contributed by atoms with Gasteiger partial charge < -0.3 is 15.2 Å². The van der Waals surface area contributed by atoms with E-state index in [0.29, 0.717) is 5.92 Å². The molecule has 1 amide bonds. The van der Waals surface area contributed by atoms with Gasteiger partial charge in [0.15, 0.2) is 0 Å². The zero-order chi connectivity index (χ0) is 15.7. The number of carbonyl (C=O) groups excluding carboxylic acids is 1. The average Bonchev–Trinajstić information content (AvgIpc) is 3.09. The minimum absolute atomic E-state index is 0.0835. The molecule has 6 nitrogen and oxygen atoms in total. The molecule has 2 N–H and O–H groups in total. The Labute approximate surface area is 132 Å². The average molecular weight is 305 g/mol. The van der Waals surface area contributed by atoms with E-state index in [2.05, 4.69) is 21.7 Å². The molecule has 1 saturated heterocycles. The molecule has 0 bridgehead atoms. The van der Waals surface area contributed by atoms with Crippen molar-refractivity contribution >= 4 is 5.91 Å². The third kappa shape index (κ3) is 2.76. The van der Waals surface area contributed by atoms with Crippen molar-refractivity contribution in [3.63, 3.8) is 0 Å². The predicted molar refractivity (Wildman–Crippen MR) is 84.4 cm³/mol. The number of piperidine rings is 1. The van der Waals surface area contributed by atoms with Crippen molar-refractivity contribution in [2.24, 2.45) is 5.73 Å². The zero-order valence-electron chi connectivity index (χ0n) is 13.7. The van der Waals surface area contributed by atoms with Crippen LogP contribution in [0.2, 0.25) is 0 Å². The first kappa shape index (κ1) is 15.5. The second kappa shape index (κ2) is 5.99. The number of aromatic nitrogens is 3. The maximum absolute atomic E-state index is 12.7. The van der Waals surface area contributed by atoms with E-state index in [-0.39, 0.29) is 5.91 Å². The molecule has 2 aliphatic heterocycles. The van der Waals surface area contributed by atoms with Crippen molar-refractivity contribution in [2.75, 3.05) is 13.1 Å². The third-order valence-corrected chi connectivity index (χ3v) is 4.97. The minimum Gasteiger partial charge on any atom is -0.340 e. The van der Waals surface area contributed by atoms with Crippen LogP contribution >= 0.6 is 0 Å². The fraction of sp³-hybridized carbons (Fsp3) is 0.812. The largest absolute Gasteiger partial charge is 0.340 e. The lowest BCUT2D eigenvalue weighted by Crippen LogP contribution is -2.55. The Balaban J connectivity index is 1.73. The maximum atomic E-state index is 12.7. The number of hydrogen-bond acceptors (Lipinski definition) is 4. The van der Waals surface area contributed by atoms with Crippen molar-refractivity contribution < 1.29 is 4.79 Å². The van der Waals surface area contributed by atoms with Crippen molar-refractivity contribution in [1.82, 2.24) is 19.7 Å². The van der Waals surface area contributed by atoms with E-state index in [1.54, 1.807) is 0 Å². The Morgan fingerprint density at radius 2 is 2.18 bits per heavy atom. The van der Waals surface area contributed by atoms with Crippen molar-refractivity contribution in [2.45, 2.75) is 70.4 Å². The minimum atomic E-state index is -0.747. The molecule has 3 heterocycles. The Hall–Kier alpha value is -1.43. The summed E-state index contributed by atoms with van der Waals surface area (Å²) in [4.78, 5) is 14.7. The molecule has 0 radical (unpaired) electrons. The molecule has 1 aromatic heterocycles. The van der Waals surface area contributed by atoms with Gasteiger partial charge in [0.2, 0.25) is 5.91 Å². The summed E-state index contributed by atoms with van der Waals surface area (Å²) < 4.78 is 2.26. The van der Waals surface area contributed by atoms with Crippen LogP contribution in [0.5, 0.6) is 0 Å². The highest BCUT2D eigenvalue weighted by molar-refractivity contribution is 5.85. The second-order valence-corrected chi connectivity index (χ2v) is 6.99. The number of hydrogen-bond donors (Lipinski definition) is 1. The van der Waals surface area contributed by atoms with Gasteiger partial charge in [0.25, 0.3) is 0 Å². The van der Waals surface area contributed by atoms with Gasteiger partial charge in [-0.05, 0) is 32.6 Å². The summed E-state index contributed by atoms with van der Waals surface area (Å²) in [6, 6.07) is 0. The lowest BCUT2D eigenvalue weighted by molar-refractivity contribution is -0.138. The number of nitrogens with two attached hydrogens (primary N) is 1. The van der Waals surface area contributed by atoms with E-state index in [0.717, 1.165) is 69.8 Å². The van der Waals surface area contributed by atoms with Gasteiger partial charge in [0.05, 0.1) is 5.54 Å². The number of carbonyl (C=O) groups is 1. The first-order valence-corrected chi connectivity index (χ1v) is 8.53. The summed E-state index contributed by atoms with van der Waals surface area (Å²) >= 11 is 0. The summed E-state index contributed by atoms with van der Waals surface area (Å²) in [6.07, 6.45) is 5.93. The number of aryl methyl sites for hydroxylation is 1. The monoisotopic (exact) mass is 305 g/mol. The van der Waals surface area contributed by atoms with Gasteiger partial charge in [-0.1, -0.05) is 13.3 Å². The van der Waals surface area contributed by atoms with Crippen LogP contribution in [-0.4, -0.2) is 44.2 Å². The summed E-state index contributed by atoms with van der Waals surface area (Å²) in [7, 11) is 0. The molecule has 122 valence electrons. The van der Waals surface area contributed by atoms with Gasteiger partial charge in [-0.2, -0.15) is 0 Å². The van der Waals surface area contributed by atoms with Crippen LogP contribution in [0.1, 0.15) is 63.5 Å². The lowest BCUT2D eigenvalue weighted by Gasteiger charge is -2.37. The summed E-state index contributed by atoms with van der Waals surface area (Å²) in [5, 5.41) is 8.70. The first-order chi connectivity index (χ1) is 10.5. The van der Waals surface area contributed by atoms with Crippen LogP contribution in [0.4, 0.5) is 0 Å². The Bertz CT molecular complexity index is 551. The molecule has 0 aliphatic carbocycles. The fourth-order valence-corrected chi connectivity index (χ4v) is 3.83. The van der Waals surface area contributed by atoms with Crippen LogP contribution in [-0.2, 0) is 17.8 Å². The molecule has 6 heteroatoms. The van der Waals surface area contributed by atoms with Crippen molar-refractivity contribution in [3.05, 3.63) is 11.6 Å². The normalized spacial score (nSPS) is 24.1. The van der Waals surface area contributed by atoms with Gasteiger partial charge in [0, 0.05) is 32.0 Å². The predicted octanol–water partition coefficient (Wildman–Crippen LogP) is 1.45. The highest BCUT2D eigenvalue weighted by atomic mass is 16.2. The molecule has 2 aliphatic rings. The van der Waals surface area contributed by atoms with Crippen LogP contribution < -0.4 is 5.73 Å². The van der Waals surface area contributed by atoms with E-state index in [1.165, 1.54) is 0 Å². The van der Waals surface area contributed by atoms with E-state index in [9.17, 15) is 4.79 Å². The summed E-state index contributed by atoms with van der Waals surface area (Å²) in [6.45, 7) is 6.49. The van der Waals surface area contributed by atoms with Crippen LogP contribution in [0.15, 0.2) is 0 Å². The number of nitrogens with zero attached hydrogens (tertiary/aromatic N) is 4. The van der Waals surface area contributed by atoms with Crippen LogP contribution in [0.25, 0.3) is 0 Å². The molecule has 0 aromatic carbocycles. The molecule has 22 heavy (non-hydrogen) atoms. The fourth-order valence-electron chi connectivity index (χ4n) is 3.83. The molecule has 3 rings (SSSR count). The number of rotatable bonds is 4.